The summed E-state index contributed by atoms with van der Waals surface area (Å²) in [5.41, 5.74) is 2.48. The molecule has 0 radical (unpaired) electrons. The van der Waals surface area contributed by atoms with Gasteiger partial charge in [0.15, 0.2) is 0 Å². The van der Waals surface area contributed by atoms with Gasteiger partial charge in [-0.15, -0.1) is 26.6 Å². The molecule has 0 atom stereocenters. The maximum Gasteiger partial charge on any atom is 0.277 e. The molecule has 0 unspecified atom stereocenters. The molecule has 5 aromatic rings. The number of anilines is 1. The van der Waals surface area contributed by atoms with Crippen LogP contribution in [0.5, 0.6) is 0 Å². The Balaban J connectivity index is 1.10. The third kappa shape index (κ3) is 4.81. The van der Waals surface area contributed by atoms with Crippen LogP contribution in [0.3, 0.4) is 0 Å². The summed E-state index contributed by atoms with van der Waals surface area (Å²) in [6.45, 7) is 0. The number of rotatable bonds is 8. The average molecular weight is 465 g/mol. The van der Waals surface area contributed by atoms with Crippen molar-refractivity contribution in [2.24, 2.45) is 0 Å². The number of carbonyl (C=O) groups excluding carboxylic acids is 1. The number of thioether (sulfide) groups is 1. The fraction of sp³-hybridized carbons (Fsp3) is 0.150. The van der Waals surface area contributed by atoms with Crippen LogP contribution in [0.4, 0.5) is 5.69 Å². The predicted molar refractivity (Wildman–Crippen MR) is 120 cm³/mol. The van der Waals surface area contributed by atoms with Crippen molar-refractivity contribution in [3.8, 4) is 5.69 Å². The molecule has 10 nitrogen and oxygen atoms in total. The van der Waals surface area contributed by atoms with Crippen LogP contribution in [-0.2, 0) is 17.6 Å². The number of nitrogens with zero attached hydrogens (tertiary/aromatic N) is 7. The van der Waals surface area contributed by atoms with Crippen LogP contribution >= 0.6 is 23.1 Å². The van der Waals surface area contributed by atoms with Gasteiger partial charge >= 0.3 is 0 Å². The zero-order valence-electron chi connectivity index (χ0n) is 16.6. The minimum Gasteiger partial charge on any atom is -0.416 e. The molecule has 0 bridgehead atoms. The normalized spacial score (nSPS) is 11.1. The summed E-state index contributed by atoms with van der Waals surface area (Å²) in [7, 11) is 0. The molecule has 1 amide bonds. The zero-order chi connectivity index (χ0) is 21.8. The number of thiazole rings is 1. The van der Waals surface area contributed by atoms with Crippen LogP contribution in [-0.4, -0.2) is 47.0 Å². The number of fused-ring (bicyclic) bond motifs is 1. The topological polar surface area (TPSA) is 125 Å². The van der Waals surface area contributed by atoms with E-state index in [0.29, 0.717) is 23.2 Å². The molecule has 0 fully saturated rings. The fourth-order valence-corrected chi connectivity index (χ4v) is 4.49. The minimum absolute atomic E-state index is 0.161. The standard InChI is InChI=1S/C20H16N8O2S2/c29-17(22-13-5-7-14(8-6-13)28-12-21-26-27-28)11-31-20-25-24-18(30-20)9-10-19-23-15-3-1-2-4-16(15)32-19/h1-8,12H,9-11H2,(H,22,29). The van der Waals surface area contributed by atoms with Gasteiger partial charge in [0.2, 0.25) is 11.8 Å². The second-order valence-electron chi connectivity index (χ2n) is 6.68. The van der Waals surface area contributed by atoms with Crippen molar-refractivity contribution in [1.29, 1.82) is 0 Å². The van der Waals surface area contributed by atoms with Gasteiger partial charge in [0.25, 0.3) is 5.22 Å². The number of benzene rings is 2. The lowest BCUT2D eigenvalue weighted by molar-refractivity contribution is -0.113. The maximum atomic E-state index is 12.2. The smallest absolute Gasteiger partial charge is 0.277 e. The van der Waals surface area contributed by atoms with E-state index in [1.54, 1.807) is 23.5 Å². The van der Waals surface area contributed by atoms with Crippen molar-refractivity contribution in [3.05, 3.63) is 65.8 Å². The molecule has 0 saturated carbocycles. The average Bonchev–Trinajstić information content (AvgIpc) is 3.57. The summed E-state index contributed by atoms with van der Waals surface area (Å²) in [4.78, 5) is 16.8. The molecule has 5 rings (SSSR count). The molecule has 12 heteroatoms. The Morgan fingerprint density at radius 3 is 2.78 bits per heavy atom. The molecule has 0 saturated heterocycles. The molecule has 0 aliphatic carbocycles. The van der Waals surface area contributed by atoms with Gasteiger partial charge in [0, 0.05) is 18.5 Å². The van der Waals surface area contributed by atoms with Crippen LogP contribution in [0.15, 0.2) is 64.5 Å². The highest BCUT2D eigenvalue weighted by Crippen LogP contribution is 2.23. The Hall–Kier alpha value is -3.64. The number of hydrogen-bond donors (Lipinski definition) is 1. The van der Waals surface area contributed by atoms with Crippen LogP contribution in [0.25, 0.3) is 15.9 Å². The molecule has 32 heavy (non-hydrogen) atoms. The summed E-state index contributed by atoms with van der Waals surface area (Å²) in [5, 5.41) is 23.3. The Morgan fingerprint density at radius 1 is 1.09 bits per heavy atom. The lowest BCUT2D eigenvalue weighted by atomic mass is 10.3. The number of para-hydroxylation sites is 1. The summed E-state index contributed by atoms with van der Waals surface area (Å²) in [5.74, 6) is 0.526. The SMILES string of the molecule is O=C(CSc1nnc(CCc2nc3ccccc3s2)o1)Nc1ccc(-n2cnnn2)cc1. The maximum absolute atomic E-state index is 12.2. The van der Waals surface area contributed by atoms with E-state index in [-0.39, 0.29) is 11.7 Å². The van der Waals surface area contributed by atoms with E-state index in [2.05, 4.69) is 42.1 Å². The molecule has 0 aliphatic rings. The highest BCUT2D eigenvalue weighted by Gasteiger charge is 2.12. The number of nitrogens with one attached hydrogen (secondary N) is 1. The van der Waals surface area contributed by atoms with Gasteiger partial charge in [-0.2, -0.15) is 0 Å². The van der Waals surface area contributed by atoms with Crippen molar-refractivity contribution >= 4 is 44.9 Å². The third-order valence-electron chi connectivity index (χ3n) is 4.43. The Bertz CT molecular complexity index is 1300. The van der Waals surface area contributed by atoms with E-state index in [1.807, 2.05) is 30.3 Å². The largest absolute Gasteiger partial charge is 0.416 e. The number of aromatic nitrogens is 7. The Labute approximate surface area is 190 Å². The summed E-state index contributed by atoms with van der Waals surface area (Å²) >= 11 is 2.87. The number of tetrazole rings is 1. The van der Waals surface area contributed by atoms with Gasteiger partial charge in [-0.05, 0) is 46.8 Å². The van der Waals surface area contributed by atoms with Crippen LogP contribution in [0.1, 0.15) is 10.9 Å². The Kier molecular flexibility index (Phi) is 5.85. The third-order valence-corrected chi connectivity index (χ3v) is 6.35. The molecule has 2 aromatic carbocycles. The highest BCUT2D eigenvalue weighted by molar-refractivity contribution is 7.99. The lowest BCUT2D eigenvalue weighted by Crippen LogP contribution is -2.14. The van der Waals surface area contributed by atoms with Gasteiger partial charge in [0.05, 0.1) is 26.7 Å². The quantitative estimate of drug-likeness (QED) is 0.345. The second kappa shape index (κ2) is 9.24. The first-order valence-electron chi connectivity index (χ1n) is 9.66. The molecule has 3 aromatic heterocycles. The summed E-state index contributed by atoms with van der Waals surface area (Å²) in [6.07, 6.45) is 2.84. The molecule has 0 spiro atoms. The van der Waals surface area contributed by atoms with Crippen molar-refractivity contribution in [2.45, 2.75) is 18.1 Å². The van der Waals surface area contributed by atoms with Crippen molar-refractivity contribution in [3.63, 3.8) is 0 Å². The lowest BCUT2D eigenvalue weighted by Gasteiger charge is -2.05. The van der Waals surface area contributed by atoms with Gasteiger partial charge in [-0.25, -0.2) is 9.67 Å². The van der Waals surface area contributed by atoms with E-state index in [0.717, 1.165) is 22.6 Å². The highest BCUT2D eigenvalue weighted by atomic mass is 32.2. The molecular formula is C20H16N8O2S2. The van der Waals surface area contributed by atoms with Crippen LogP contribution in [0.2, 0.25) is 0 Å². The number of aryl methyl sites for hydroxylation is 2. The van der Waals surface area contributed by atoms with Gasteiger partial charge in [0.1, 0.15) is 6.33 Å². The molecular weight excluding hydrogens is 448 g/mol. The fourth-order valence-electron chi connectivity index (χ4n) is 2.94. The number of hydrogen-bond acceptors (Lipinski definition) is 10. The first-order chi connectivity index (χ1) is 15.7. The predicted octanol–water partition coefficient (Wildman–Crippen LogP) is 3.17. The van der Waals surface area contributed by atoms with Crippen molar-refractivity contribution < 1.29 is 9.21 Å². The monoisotopic (exact) mass is 464 g/mol. The first-order valence-corrected chi connectivity index (χ1v) is 11.5. The number of carbonyl (C=O) groups is 1. The van der Waals surface area contributed by atoms with Gasteiger partial charge in [-0.3, -0.25) is 4.79 Å². The zero-order valence-corrected chi connectivity index (χ0v) is 18.2. The van der Waals surface area contributed by atoms with Crippen molar-refractivity contribution in [1.82, 2.24) is 35.4 Å². The van der Waals surface area contributed by atoms with Crippen LogP contribution < -0.4 is 5.32 Å². The van der Waals surface area contributed by atoms with Crippen LogP contribution in [0, 0.1) is 0 Å². The van der Waals surface area contributed by atoms with E-state index in [9.17, 15) is 4.79 Å². The molecule has 1 N–H and O–H groups in total. The van der Waals surface area contributed by atoms with E-state index in [1.165, 1.54) is 27.5 Å². The Morgan fingerprint density at radius 2 is 1.97 bits per heavy atom. The molecule has 3 heterocycles. The second-order valence-corrected chi connectivity index (χ2v) is 8.72. The van der Waals surface area contributed by atoms with E-state index in [4.69, 9.17) is 4.42 Å². The minimum atomic E-state index is -0.167. The van der Waals surface area contributed by atoms with E-state index < -0.39 is 0 Å². The van der Waals surface area contributed by atoms with E-state index >= 15 is 0 Å². The first kappa shape index (κ1) is 20.3. The van der Waals surface area contributed by atoms with Crippen molar-refractivity contribution in [2.75, 3.05) is 11.1 Å². The summed E-state index contributed by atoms with van der Waals surface area (Å²) < 4.78 is 8.35. The van der Waals surface area contributed by atoms with Gasteiger partial charge in [-0.1, -0.05) is 23.9 Å². The molecule has 0 aliphatic heterocycles. The number of amides is 1. The molecule has 160 valence electrons. The summed E-state index contributed by atoms with van der Waals surface area (Å²) in [6, 6.07) is 15.3. The van der Waals surface area contributed by atoms with Gasteiger partial charge < -0.3 is 9.73 Å².